The van der Waals surface area contributed by atoms with Crippen molar-refractivity contribution in [3.8, 4) is 0 Å². The van der Waals surface area contributed by atoms with Crippen LogP contribution in [0.4, 0.5) is 0 Å². The first-order valence-corrected chi connectivity index (χ1v) is 27.7. The molecule has 0 heterocycles. The largest absolute Gasteiger partial charge is 0.472 e. The highest BCUT2D eigenvalue weighted by molar-refractivity contribution is 7.47. The zero-order chi connectivity index (χ0) is 45.0. The summed E-state index contributed by atoms with van der Waals surface area (Å²) in [7, 11) is 1.58. The van der Waals surface area contributed by atoms with Crippen molar-refractivity contribution < 1.29 is 32.9 Å². The van der Waals surface area contributed by atoms with Crippen LogP contribution in [0.15, 0.2) is 24.3 Å². The van der Waals surface area contributed by atoms with Crippen molar-refractivity contribution in [1.29, 1.82) is 0 Å². The van der Waals surface area contributed by atoms with E-state index >= 15 is 0 Å². The molecule has 362 valence electrons. The monoisotopic (exact) mass is 884 g/mol. The molecule has 0 aliphatic heterocycles. The summed E-state index contributed by atoms with van der Waals surface area (Å²) in [5, 5.41) is 13.8. The SMILES string of the molecule is CCCCCCCCCC/C=C/C(O)C(COP(=O)(O)OCC[N+](C)(C)C)NC(=O)CCCCCCCCCCCCCCC/C=C\CCCCCCCCCCCCCC. The van der Waals surface area contributed by atoms with Gasteiger partial charge in [-0.3, -0.25) is 13.8 Å². The summed E-state index contributed by atoms with van der Waals surface area (Å²) in [6, 6.07) is -0.842. The van der Waals surface area contributed by atoms with Crippen molar-refractivity contribution in [3.05, 3.63) is 24.3 Å². The molecule has 61 heavy (non-hydrogen) atoms. The predicted octanol–water partition coefficient (Wildman–Crippen LogP) is 15.3. The van der Waals surface area contributed by atoms with Gasteiger partial charge in [0.15, 0.2) is 0 Å². The number of hydrogen-bond donors (Lipinski definition) is 3. The maximum absolute atomic E-state index is 12.9. The van der Waals surface area contributed by atoms with Gasteiger partial charge in [-0.25, -0.2) is 4.57 Å². The molecule has 0 spiro atoms. The molecule has 3 atom stereocenters. The molecule has 8 nitrogen and oxygen atoms in total. The second kappa shape index (κ2) is 44.2. The summed E-state index contributed by atoms with van der Waals surface area (Å²) < 4.78 is 23.6. The third-order valence-corrected chi connectivity index (χ3v) is 12.9. The Morgan fingerprint density at radius 3 is 1.26 bits per heavy atom. The summed E-state index contributed by atoms with van der Waals surface area (Å²) in [5.41, 5.74) is 0. The standard InChI is InChI=1S/C52H103N2O6P/c1-6-8-10-12-14-16-18-19-20-21-22-23-24-25-26-27-28-29-30-31-32-33-34-35-36-38-40-42-44-46-52(56)53-50(49-60-61(57,58)59-48-47-54(3,4)5)51(55)45-43-41-39-37-17-15-13-11-9-7-2/h25-26,43,45,50-51,55H,6-24,27-42,44,46-49H2,1-5H3,(H-,53,56,57,58)/p+1/b26-25-,45-43+. The summed E-state index contributed by atoms with van der Waals surface area (Å²) in [4.78, 5) is 23.1. The van der Waals surface area contributed by atoms with Gasteiger partial charge in [0.1, 0.15) is 13.2 Å². The van der Waals surface area contributed by atoms with Crippen LogP contribution in [0.2, 0.25) is 0 Å². The first-order valence-electron chi connectivity index (χ1n) is 26.2. The highest BCUT2D eigenvalue weighted by Crippen LogP contribution is 2.43. The lowest BCUT2D eigenvalue weighted by Gasteiger charge is -2.25. The van der Waals surface area contributed by atoms with Crippen LogP contribution in [0.3, 0.4) is 0 Å². The van der Waals surface area contributed by atoms with E-state index in [2.05, 4.69) is 31.3 Å². The Morgan fingerprint density at radius 1 is 0.541 bits per heavy atom. The number of rotatable bonds is 48. The molecule has 3 N–H and O–H groups in total. The Kier molecular flexibility index (Phi) is 43.5. The molecule has 3 unspecified atom stereocenters. The molecule has 0 aliphatic carbocycles. The van der Waals surface area contributed by atoms with Gasteiger partial charge in [0.05, 0.1) is 39.9 Å². The Morgan fingerprint density at radius 2 is 0.885 bits per heavy atom. The van der Waals surface area contributed by atoms with Crippen molar-refractivity contribution >= 4 is 13.7 Å². The number of nitrogens with one attached hydrogen (secondary N) is 1. The number of carbonyl (C=O) groups excluding carboxylic acids is 1. The quantitative estimate of drug-likeness (QED) is 0.0243. The van der Waals surface area contributed by atoms with Crippen molar-refractivity contribution in [2.24, 2.45) is 0 Å². The zero-order valence-corrected chi connectivity index (χ0v) is 42.1. The topological polar surface area (TPSA) is 105 Å². The molecule has 1 amide bonds. The number of carbonyl (C=O) groups is 1. The number of nitrogens with zero attached hydrogens (tertiary/aromatic N) is 1. The summed E-state index contributed by atoms with van der Waals surface area (Å²) >= 11 is 0. The first-order chi connectivity index (χ1) is 29.5. The van der Waals surface area contributed by atoms with Crippen molar-refractivity contribution in [2.45, 2.75) is 264 Å². The first kappa shape index (κ1) is 60.0. The normalized spacial score (nSPS) is 14.3. The van der Waals surface area contributed by atoms with E-state index in [1.165, 1.54) is 193 Å². The van der Waals surface area contributed by atoms with Crippen LogP contribution < -0.4 is 5.32 Å². The number of aliphatic hydroxyl groups is 1. The Balaban J connectivity index is 4.03. The number of phosphoric acid groups is 1. The second-order valence-corrected chi connectivity index (χ2v) is 20.7. The molecule has 0 bridgehead atoms. The summed E-state index contributed by atoms with van der Waals surface area (Å²) in [5.74, 6) is -0.177. The molecule has 0 aromatic heterocycles. The average Bonchev–Trinajstić information content (AvgIpc) is 3.21. The van der Waals surface area contributed by atoms with E-state index in [1.54, 1.807) is 6.08 Å². The van der Waals surface area contributed by atoms with Gasteiger partial charge in [0.2, 0.25) is 5.91 Å². The third kappa shape index (κ3) is 46.8. The Labute approximate surface area is 379 Å². The highest BCUT2D eigenvalue weighted by atomic mass is 31.2. The molecule has 0 aromatic rings. The number of quaternary nitrogens is 1. The van der Waals surface area contributed by atoms with Crippen molar-refractivity contribution in [1.82, 2.24) is 5.32 Å². The number of amides is 1. The summed E-state index contributed by atoms with van der Waals surface area (Å²) in [6.07, 6.45) is 54.3. The van der Waals surface area contributed by atoms with Crippen LogP contribution in [-0.4, -0.2) is 73.4 Å². The predicted molar refractivity (Wildman–Crippen MR) is 263 cm³/mol. The second-order valence-electron chi connectivity index (χ2n) is 19.3. The van der Waals surface area contributed by atoms with E-state index in [0.29, 0.717) is 17.4 Å². The van der Waals surface area contributed by atoms with Crippen LogP contribution >= 0.6 is 7.82 Å². The van der Waals surface area contributed by atoms with Gasteiger partial charge < -0.3 is 19.8 Å². The molecule has 0 rings (SSSR count). The van der Waals surface area contributed by atoms with Gasteiger partial charge in [-0.15, -0.1) is 0 Å². The van der Waals surface area contributed by atoms with E-state index in [0.717, 1.165) is 38.5 Å². The molecule has 0 saturated heterocycles. The van der Waals surface area contributed by atoms with Gasteiger partial charge in [0, 0.05) is 6.42 Å². The smallest absolute Gasteiger partial charge is 0.387 e. The van der Waals surface area contributed by atoms with Crippen molar-refractivity contribution in [3.63, 3.8) is 0 Å². The number of hydrogen-bond acceptors (Lipinski definition) is 5. The molecule has 0 saturated carbocycles. The zero-order valence-electron chi connectivity index (χ0n) is 41.2. The van der Waals surface area contributed by atoms with Crippen LogP contribution in [0.5, 0.6) is 0 Å². The van der Waals surface area contributed by atoms with Crippen LogP contribution in [0, 0.1) is 0 Å². The van der Waals surface area contributed by atoms with E-state index < -0.39 is 20.0 Å². The highest BCUT2D eigenvalue weighted by Gasteiger charge is 2.27. The number of phosphoric ester groups is 1. The van der Waals surface area contributed by atoms with E-state index in [4.69, 9.17) is 9.05 Å². The maximum Gasteiger partial charge on any atom is 0.472 e. The van der Waals surface area contributed by atoms with Crippen molar-refractivity contribution in [2.75, 3.05) is 40.9 Å². The molecule has 0 aromatic carbocycles. The van der Waals surface area contributed by atoms with Crippen LogP contribution in [0.1, 0.15) is 251 Å². The van der Waals surface area contributed by atoms with Gasteiger partial charge >= 0.3 is 7.82 Å². The lowest BCUT2D eigenvalue weighted by Crippen LogP contribution is -2.45. The molecular formula is C52H104N2O6P+. The number of aliphatic hydroxyl groups excluding tert-OH is 1. The molecule has 0 aliphatic rings. The van der Waals surface area contributed by atoms with Crippen LogP contribution in [0.25, 0.3) is 0 Å². The van der Waals surface area contributed by atoms with E-state index in [9.17, 15) is 19.4 Å². The number of unbranched alkanes of at least 4 members (excludes halogenated alkanes) is 33. The van der Waals surface area contributed by atoms with Gasteiger partial charge in [-0.05, 0) is 44.9 Å². The fourth-order valence-corrected chi connectivity index (χ4v) is 8.48. The lowest BCUT2D eigenvalue weighted by atomic mass is 10.0. The average molecular weight is 884 g/mol. The van der Waals surface area contributed by atoms with Gasteiger partial charge in [-0.1, -0.05) is 224 Å². The number of likely N-dealkylation sites (N-methyl/N-ethyl adjacent to an activating group) is 1. The third-order valence-electron chi connectivity index (χ3n) is 11.9. The van der Waals surface area contributed by atoms with Gasteiger partial charge in [-0.2, -0.15) is 0 Å². The lowest BCUT2D eigenvalue weighted by molar-refractivity contribution is -0.870. The molecule has 0 fully saturated rings. The maximum atomic E-state index is 12.9. The Hall–Kier alpha value is -1.02. The molecule has 9 heteroatoms. The molecule has 0 radical (unpaired) electrons. The van der Waals surface area contributed by atoms with E-state index in [-0.39, 0.29) is 19.1 Å². The summed E-state index contributed by atoms with van der Waals surface area (Å²) in [6.45, 7) is 4.81. The molecular weight excluding hydrogens is 780 g/mol. The Bertz CT molecular complexity index is 1050. The minimum atomic E-state index is -4.33. The van der Waals surface area contributed by atoms with Crippen LogP contribution in [-0.2, 0) is 18.4 Å². The van der Waals surface area contributed by atoms with Gasteiger partial charge in [0.25, 0.3) is 0 Å². The minimum absolute atomic E-state index is 0.0628. The fourth-order valence-electron chi connectivity index (χ4n) is 7.74. The number of allylic oxidation sites excluding steroid dienone is 3. The fraction of sp³-hybridized carbons (Fsp3) is 0.904. The van der Waals surface area contributed by atoms with E-state index in [1.807, 2.05) is 27.2 Å². The minimum Gasteiger partial charge on any atom is -0.387 e.